The van der Waals surface area contributed by atoms with Crippen LogP contribution in [0, 0.1) is 13.8 Å². The lowest BCUT2D eigenvalue weighted by Crippen LogP contribution is -2.13. The maximum absolute atomic E-state index is 2.60. The smallest absolute Gasteiger partial charge is 0.0543 e. The van der Waals surface area contributed by atoms with Gasteiger partial charge in [-0.2, -0.15) is 0 Å². The molecule has 9 aromatic carbocycles. The molecule has 0 unspecified atom stereocenters. The van der Waals surface area contributed by atoms with Gasteiger partial charge in [-0.1, -0.05) is 147 Å². The minimum absolute atomic E-state index is 0.550. The molecule has 306 valence electrons. The fourth-order valence-corrected chi connectivity index (χ4v) is 11.2. The first-order chi connectivity index (χ1) is 30.6. The molecule has 0 N–H and O–H groups in total. The van der Waals surface area contributed by atoms with E-state index < -0.39 is 0 Å². The molecule has 0 saturated heterocycles. The molecule has 0 heterocycles. The van der Waals surface area contributed by atoms with Gasteiger partial charge in [0.05, 0.1) is 5.69 Å². The third kappa shape index (κ3) is 7.00. The van der Waals surface area contributed by atoms with Crippen LogP contribution in [0.3, 0.4) is 0 Å². The van der Waals surface area contributed by atoms with E-state index in [1.54, 1.807) is 5.56 Å². The molecule has 0 aliphatic heterocycles. The van der Waals surface area contributed by atoms with Crippen LogP contribution in [0.25, 0.3) is 43.4 Å². The van der Waals surface area contributed by atoms with Gasteiger partial charge in [-0.25, -0.2) is 0 Å². The van der Waals surface area contributed by atoms with Gasteiger partial charge < -0.3 is 9.80 Å². The largest absolute Gasteiger partial charge is 0.311 e. The normalized spacial score (nSPS) is 15.1. The van der Waals surface area contributed by atoms with Crippen molar-refractivity contribution in [3.8, 4) is 11.1 Å². The van der Waals surface area contributed by atoms with E-state index in [-0.39, 0.29) is 0 Å². The molecule has 2 nitrogen and oxygen atoms in total. The molecule has 9 aromatic rings. The van der Waals surface area contributed by atoms with Gasteiger partial charge in [-0.3, -0.25) is 0 Å². The van der Waals surface area contributed by atoms with E-state index in [9.17, 15) is 0 Å². The zero-order valence-electron chi connectivity index (χ0n) is 36.3. The Kier molecular flexibility index (Phi) is 10.2. The monoisotopic (exact) mass is 804 g/mol. The predicted molar refractivity (Wildman–Crippen MR) is 266 cm³/mol. The number of anilines is 6. The van der Waals surface area contributed by atoms with Crippen molar-refractivity contribution in [3.05, 3.63) is 192 Å². The molecule has 2 fully saturated rings. The topological polar surface area (TPSA) is 6.48 Å². The van der Waals surface area contributed by atoms with E-state index in [2.05, 4.69) is 194 Å². The maximum Gasteiger partial charge on any atom is 0.0543 e. The number of rotatable bonds is 9. The highest BCUT2D eigenvalue weighted by molar-refractivity contribution is 6.29. The number of benzene rings is 9. The third-order valence-corrected chi connectivity index (χ3v) is 14.3. The minimum atomic E-state index is 0.550. The maximum atomic E-state index is 2.60. The van der Waals surface area contributed by atoms with E-state index >= 15 is 0 Å². The van der Waals surface area contributed by atoms with Crippen LogP contribution in [0.4, 0.5) is 34.1 Å². The van der Waals surface area contributed by atoms with Gasteiger partial charge in [0.2, 0.25) is 0 Å². The van der Waals surface area contributed by atoms with Crippen molar-refractivity contribution >= 4 is 66.4 Å². The highest BCUT2D eigenvalue weighted by Gasteiger charge is 2.28. The van der Waals surface area contributed by atoms with Crippen LogP contribution in [-0.2, 0) is 0 Å². The third-order valence-electron chi connectivity index (χ3n) is 14.3. The summed E-state index contributed by atoms with van der Waals surface area (Å²) in [5.41, 5.74) is 15.4. The molecule has 0 aromatic heterocycles. The molecule has 2 heteroatoms. The van der Waals surface area contributed by atoms with Crippen molar-refractivity contribution in [2.24, 2.45) is 0 Å². The van der Waals surface area contributed by atoms with E-state index in [4.69, 9.17) is 0 Å². The summed E-state index contributed by atoms with van der Waals surface area (Å²) in [6.07, 6.45) is 13.0. The highest BCUT2D eigenvalue weighted by atomic mass is 15.1. The first-order valence-electron chi connectivity index (χ1n) is 23.3. The van der Waals surface area contributed by atoms with Crippen molar-refractivity contribution in [2.45, 2.75) is 89.9 Å². The van der Waals surface area contributed by atoms with Crippen LogP contribution in [-0.4, -0.2) is 0 Å². The number of nitrogens with zero attached hydrogens (tertiary/aromatic N) is 2. The standard InChI is InChI=1S/C60H56N2/c1-41-23-29-48(30-24-41)61(46-19-11-5-12-20-46)49-33-27-45(28-34-49)56-39-55(43-15-7-3-8-16-43)52-37-38-54-58(62(47-21-13-6-14-22-47)50-31-25-42(2)26-32-50)40-57(44-17-9-4-10-18-44)53-36-35-51(56)59(52)60(53)54/h5-6,11-14,19-40,43-44H,3-4,7-10,15-18H2,1-2H3. The minimum Gasteiger partial charge on any atom is -0.311 e. The second-order valence-electron chi connectivity index (χ2n) is 18.3. The summed E-state index contributed by atoms with van der Waals surface area (Å²) in [6, 6.07) is 64.5. The Balaban J connectivity index is 1.16. The van der Waals surface area contributed by atoms with E-state index in [0.717, 1.165) is 17.1 Å². The van der Waals surface area contributed by atoms with Gasteiger partial charge in [0.1, 0.15) is 0 Å². The molecule has 2 saturated carbocycles. The summed E-state index contributed by atoms with van der Waals surface area (Å²) < 4.78 is 0. The molecule has 2 aliphatic rings. The molecule has 2 aliphatic carbocycles. The number of para-hydroxylation sites is 2. The molecule has 0 spiro atoms. The zero-order chi connectivity index (χ0) is 41.6. The Hall–Kier alpha value is -6.38. The van der Waals surface area contributed by atoms with E-state index in [1.807, 2.05) is 0 Å². The summed E-state index contributed by atoms with van der Waals surface area (Å²) in [7, 11) is 0. The predicted octanol–water partition coefficient (Wildman–Crippen LogP) is 17.9. The first kappa shape index (κ1) is 38.5. The molecule has 0 amide bonds. The average Bonchev–Trinajstić information content (AvgIpc) is 3.33. The van der Waals surface area contributed by atoms with Gasteiger partial charge in [0.15, 0.2) is 0 Å². The van der Waals surface area contributed by atoms with Gasteiger partial charge in [0.25, 0.3) is 0 Å². The Bertz CT molecular complexity index is 2960. The van der Waals surface area contributed by atoms with E-state index in [1.165, 1.54) is 141 Å². The molecule has 0 atom stereocenters. The molecule has 0 bridgehead atoms. The zero-order valence-corrected chi connectivity index (χ0v) is 36.3. The van der Waals surface area contributed by atoms with Gasteiger partial charge in [-0.15, -0.1) is 0 Å². The average molecular weight is 805 g/mol. The van der Waals surface area contributed by atoms with Crippen molar-refractivity contribution in [2.75, 3.05) is 9.80 Å². The van der Waals surface area contributed by atoms with Crippen LogP contribution in [0.15, 0.2) is 170 Å². The second-order valence-corrected chi connectivity index (χ2v) is 18.3. The quantitative estimate of drug-likeness (QED) is 0.134. The molecule has 62 heavy (non-hydrogen) atoms. The Morgan fingerprint density at radius 2 is 0.758 bits per heavy atom. The fraction of sp³-hybridized carbons (Fsp3) is 0.233. The van der Waals surface area contributed by atoms with Crippen LogP contribution in [0.1, 0.15) is 98.3 Å². The highest BCUT2D eigenvalue weighted by Crippen LogP contribution is 2.52. The number of hydrogen-bond acceptors (Lipinski definition) is 2. The summed E-state index contributed by atoms with van der Waals surface area (Å²) in [6.45, 7) is 4.34. The number of aryl methyl sites for hydroxylation is 2. The lowest BCUT2D eigenvalue weighted by molar-refractivity contribution is 0.445. The fourth-order valence-electron chi connectivity index (χ4n) is 11.2. The Morgan fingerprint density at radius 1 is 0.355 bits per heavy atom. The lowest BCUT2D eigenvalue weighted by atomic mass is 9.76. The summed E-state index contributed by atoms with van der Waals surface area (Å²) in [5, 5.41) is 8.48. The van der Waals surface area contributed by atoms with Crippen molar-refractivity contribution < 1.29 is 0 Å². The lowest BCUT2D eigenvalue weighted by Gasteiger charge is -2.32. The molecular weight excluding hydrogens is 749 g/mol. The Morgan fingerprint density at radius 3 is 1.29 bits per heavy atom. The van der Waals surface area contributed by atoms with Gasteiger partial charge in [-0.05, 0) is 173 Å². The summed E-state index contributed by atoms with van der Waals surface area (Å²) in [5.74, 6) is 1.11. The molecule has 0 radical (unpaired) electrons. The van der Waals surface area contributed by atoms with Gasteiger partial charge in [0, 0.05) is 33.8 Å². The summed E-state index contributed by atoms with van der Waals surface area (Å²) in [4.78, 5) is 4.91. The van der Waals surface area contributed by atoms with E-state index in [0.29, 0.717) is 11.8 Å². The van der Waals surface area contributed by atoms with Crippen LogP contribution >= 0.6 is 0 Å². The second kappa shape index (κ2) is 16.5. The SMILES string of the molecule is Cc1ccc(N(c2ccccc2)c2ccc(-c3cc(C4CCCCC4)c4ccc5c(N(c6ccccc6)c6ccc(C)cc6)cc(C6CCCCC6)c6ccc3c4c65)cc2)cc1. The van der Waals surface area contributed by atoms with Crippen molar-refractivity contribution in [1.82, 2.24) is 0 Å². The molecular formula is C60H56N2. The van der Waals surface area contributed by atoms with Gasteiger partial charge >= 0.3 is 0 Å². The first-order valence-corrected chi connectivity index (χ1v) is 23.3. The van der Waals surface area contributed by atoms with Crippen LogP contribution in [0.5, 0.6) is 0 Å². The molecule has 11 rings (SSSR count). The summed E-state index contributed by atoms with van der Waals surface area (Å²) >= 11 is 0. The number of hydrogen-bond donors (Lipinski definition) is 0. The van der Waals surface area contributed by atoms with Crippen molar-refractivity contribution in [1.29, 1.82) is 0 Å². The van der Waals surface area contributed by atoms with Crippen molar-refractivity contribution in [3.63, 3.8) is 0 Å². The van der Waals surface area contributed by atoms with Crippen LogP contribution in [0.2, 0.25) is 0 Å². The van der Waals surface area contributed by atoms with Crippen LogP contribution < -0.4 is 9.80 Å². The Labute approximate surface area is 367 Å².